The number of aromatic nitrogens is 1. The van der Waals surface area contributed by atoms with Crippen LogP contribution in [0.15, 0.2) is 34.9 Å². The summed E-state index contributed by atoms with van der Waals surface area (Å²) in [5.41, 5.74) is 7.36. The zero-order chi connectivity index (χ0) is 13.4. The second-order valence-corrected chi connectivity index (χ2v) is 4.42. The number of hydrazine groups is 1. The van der Waals surface area contributed by atoms with Gasteiger partial charge in [0.2, 0.25) is 5.91 Å². The molecule has 1 fully saturated rings. The third-order valence-electron chi connectivity index (χ3n) is 3.24. The molecule has 3 rings (SSSR count). The molecule has 6 heteroatoms. The van der Waals surface area contributed by atoms with Gasteiger partial charge in [0.05, 0.1) is 5.69 Å². The lowest BCUT2D eigenvalue weighted by atomic mass is 10.1. The Balaban J connectivity index is 2.05. The van der Waals surface area contributed by atoms with Crippen molar-refractivity contribution in [3.05, 3.63) is 30.3 Å². The number of anilines is 2. The van der Waals surface area contributed by atoms with E-state index in [1.54, 1.807) is 18.1 Å². The van der Waals surface area contributed by atoms with Crippen LogP contribution in [0.3, 0.4) is 0 Å². The van der Waals surface area contributed by atoms with Gasteiger partial charge in [0.25, 0.3) is 0 Å². The molecule has 2 N–H and O–H groups in total. The fourth-order valence-electron chi connectivity index (χ4n) is 2.25. The Morgan fingerprint density at radius 3 is 2.79 bits per heavy atom. The highest BCUT2D eigenvalue weighted by molar-refractivity contribution is 5.85. The Hall–Kier alpha value is -2.50. The van der Waals surface area contributed by atoms with Gasteiger partial charge in [0.15, 0.2) is 11.6 Å². The summed E-state index contributed by atoms with van der Waals surface area (Å²) in [5.74, 6) is 1.04. The van der Waals surface area contributed by atoms with Crippen molar-refractivity contribution in [3.63, 3.8) is 0 Å². The summed E-state index contributed by atoms with van der Waals surface area (Å²) < 4.78 is 5.21. The molecule has 0 aliphatic carbocycles. The van der Waals surface area contributed by atoms with E-state index >= 15 is 0 Å². The van der Waals surface area contributed by atoms with Crippen molar-refractivity contribution in [2.45, 2.75) is 6.42 Å². The Morgan fingerprint density at radius 2 is 2.16 bits per heavy atom. The maximum Gasteiger partial charge on any atom is 0.242 e. The Labute approximate surface area is 110 Å². The number of nitrogens with zero attached hydrogens (tertiary/aromatic N) is 3. The largest absolute Gasteiger partial charge is 0.381 e. The van der Waals surface area contributed by atoms with Crippen LogP contribution < -0.4 is 10.7 Å². The Kier molecular flexibility index (Phi) is 2.63. The Bertz CT molecular complexity index is 623. The van der Waals surface area contributed by atoms with E-state index in [2.05, 4.69) is 5.16 Å². The number of nitrogen functional groups attached to an aromatic ring is 1. The molecule has 19 heavy (non-hydrogen) atoms. The van der Waals surface area contributed by atoms with Crippen molar-refractivity contribution in [2.75, 3.05) is 24.3 Å². The average Bonchev–Trinajstić information content (AvgIpc) is 2.98. The number of amides is 1. The van der Waals surface area contributed by atoms with E-state index in [9.17, 15) is 4.79 Å². The molecule has 1 saturated heterocycles. The number of carbonyl (C=O) groups is 1. The number of para-hydroxylation sites is 1. The molecule has 0 saturated carbocycles. The number of carbonyl (C=O) groups excluding carboxylic acids is 1. The van der Waals surface area contributed by atoms with Gasteiger partial charge in [-0.1, -0.05) is 17.3 Å². The van der Waals surface area contributed by atoms with Crippen molar-refractivity contribution in [1.29, 1.82) is 0 Å². The highest BCUT2D eigenvalue weighted by Gasteiger charge is 2.27. The molecule has 98 valence electrons. The molecule has 1 aromatic carbocycles. The maximum atomic E-state index is 11.6. The molecule has 0 radical (unpaired) electrons. The normalized spacial score (nSPS) is 15.3. The van der Waals surface area contributed by atoms with Crippen LogP contribution in [0.4, 0.5) is 11.5 Å². The van der Waals surface area contributed by atoms with Gasteiger partial charge in [-0.2, -0.15) is 0 Å². The fourth-order valence-corrected chi connectivity index (χ4v) is 2.25. The van der Waals surface area contributed by atoms with Crippen LogP contribution >= 0.6 is 0 Å². The lowest BCUT2D eigenvalue weighted by Crippen LogP contribution is -2.35. The van der Waals surface area contributed by atoms with E-state index < -0.39 is 0 Å². The zero-order valence-electron chi connectivity index (χ0n) is 10.5. The smallest absolute Gasteiger partial charge is 0.242 e. The van der Waals surface area contributed by atoms with Crippen LogP contribution in [0.2, 0.25) is 0 Å². The minimum Gasteiger partial charge on any atom is -0.381 e. The standard InChI is InChI=1S/C13H14N4O2/c1-16-13(18)6-7-17(16)10-5-3-2-4-9(10)11-8-12(14)15-19-11/h2-5,8H,6-7H2,1H3,(H2,14,15). The molecule has 1 aliphatic rings. The maximum absolute atomic E-state index is 11.6. The predicted octanol–water partition coefficient (Wildman–Crippen LogP) is 1.51. The van der Waals surface area contributed by atoms with Gasteiger partial charge in [-0.25, -0.2) is 0 Å². The van der Waals surface area contributed by atoms with E-state index in [0.29, 0.717) is 24.5 Å². The molecule has 2 aromatic rings. The van der Waals surface area contributed by atoms with Gasteiger partial charge < -0.3 is 10.3 Å². The van der Waals surface area contributed by atoms with Crippen LogP contribution in [-0.2, 0) is 4.79 Å². The fraction of sp³-hybridized carbons (Fsp3) is 0.231. The average molecular weight is 258 g/mol. The van der Waals surface area contributed by atoms with E-state index in [1.165, 1.54) is 0 Å². The Morgan fingerprint density at radius 1 is 1.37 bits per heavy atom. The minimum atomic E-state index is 0.104. The molecule has 1 amide bonds. The lowest BCUT2D eigenvalue weighted by Gasteiger charge is -2.27. The number of hydrogen-bond acceptors (Lipinski definition) is 5. The van der Waals surface area contributed by atoms with Gasteiger partial charge in [-0.15, -0.1) is 0 Å². The first-order valence-corrected chi connectivity index (χ1v) is 6.02. The number of rotatable bonds is 2. The van der Waals surface area contributed by atoms with E-state index in [0.717, 1.165) is 11.3 Å². The van der Waals surface area contributed by atoms with Crippen molar-refractivity contribution >= 4 is 17.4 Å². The second kappa shape index (κ2) is 4.31. The van der Waals surface area contributed by atoms with Gasteiger partial charge in [-0.05, 0) is 12.1 Å². The molecule has 0 spiro atoms. The highest BCUT2D eigenvalue weighted by atomic mass is 16.5. The zero-order valence-corrected chi connectivity index (χ0v) is 10.5. The molecule has 6 nitrogen and oxygen atoms in total. The summed E-state index contributed by atoms with van der Waals surface area (Å²) in [4.78, 5) is 11.6. The van der Waals surface area contributed by atoms with E-state index in [4.69, 9.17) is 10.3 Å². The SMILES string of the molecule is CN1C(=O)CCN1c1ccccc1-c1cc(N)no1. The van der Waals surface area contributed by atoms with Gasteiger partial charge >= 0.3 is 0 Å². The van der Waals surface area contributed by atoms with Crippen LogP contribution in [0.5, 0.6) is 0 Å². The molecule has 0 unspecified atom stereocenters. The van der Waals surface area contributed by atoms with E-state index in [-0.39, 0.29) is 5.91 Å². The van der Waals surface area contributed by atoms with Crippen molar-refractivity contribution < 1.29 is 9.32 Å². The first-order valence-electron chi connectivity index (χ1n) is 6.02. The number of benzene rings is 1. The monoisotopic (exact) mass is 258 g/mol. The minimum absolute atomic E-state index is 0.104. The topological polar surface area (TPSA) is 75.6 Å². The van der Waals surface area contributed by atoms with E-state index in [1.807, 2.05) is 29.3 Å². The lowest BCUT2D eigenvalue weighted by molar-refractivity contribution is -0.126. The molecular weight excluding hydrogens is 244 g/mol. The third-order valence-corrected chi connectivity index (χ3v) is 3.24. The number of hydrogen-bond donors (Lipinski definition) is 1. The molecule has 2 heterocycles. The van der Waals surface area contributed by atoms with Crippen LogP contribution in [-0.4, -0.2) is 29.7 Å². The first-order chi connectivity index (χ1) is 9.16. The third kappa shape index (κ3) is 1.91. The van der Waals surface area contributed by atoms with Gasteiger partial charge in [0.1, 0.15) is 0 Å². The molecule has 0 atom stereocenters. The predicted molar refractivity (Wildman–Crippen MR) is 71.1 cm³/mol. The van der Waals surface area contributed by atoms with Gasteiger partial charge in [-0.3, -0.25) is 14.8 Å². The van der Waals surface area contributed by atoms with Crippen molar-refractivity contribution in [1.82, 2.24) is 10.2 Å². The second-order valence-electron chi connectivity index (χ2n) is 4.42. The van der Waals surface area contributed by atoms with Crippen molar-refractivity contribution in [2.24, 2.45) is 0 Å². The highest BCUT2D eigenvalue weighted by Crippen LogP contribution is 2.33. The van der Waals surface area contributed by atoms with Crippen LogP contribution in [0, 0.1) is 0 Å². The summed E-state index contributed by atoms with van der Waals surface area (Å²) in [5, 5.41) is 7.25. The molecule has 1 aliphatic heterocycles. The number of nitrogens with two attached hydrogens (primary N) is 1. The van der Waals surface area contributed by atoms with Crippen LogP contribution in [0.1, 0.15) is 6.42 Å². The quantitative estimate of drug-likeness (QED) is 0.883. The molecular formula is C13H14N4O2. The summed E-state index contributed by atoms with van der Waals surface area (Å²) in [6.45, 7) is 0.663. The van der Waals surface area contributed by atoms with Gasteiger partial charge in [0, 0.05) is 31.6 Å². The summed E-state index contributed by atoms with van der Waals surface area (Å²) >= 11 is 0. The summed E-state index contributed by atoms with van der Waals surface area (Å²) in [7, 11) is 1.76. The van der Waals surface area contributed by atoms with Crippen LogP contribution in [0.25, 0.3) is 11.3 Å². The molecule has 1 aromatic heterocycles. The summed E-state index contributed by atoms with van der Waals surface area (Å²) in [6.07, 6.45) is 0.517. The van der Waals surface area contributed by atoms with Crippen molar-refractivity contribution in [3.8, 4) is 11.3 Å². The first kappa shape index (κ1) is 11.6. The molecule has 0 bridgehead atoms. The summed E-state index contributed by atoms with van der Waals surface area (Å²) in [6, 6.07) is 9.39.